The van der Waals surface area contributed by atoms with Crippen molar-refractivity contribution in [3.8, 4) is 11.1 Å². The zero-order chi connectivity index (χ0) is 37.0. The second kappa shape index (κ2) is 18.6. The number of hydrogen-bond donors (Lipinski definition) is 5. The molecular formula is C35H46F2N6O6S. The van der Waals surface area contributed by atoms with E-state index in [1.807, 2.05) is 55.7 Å². The number of nitrogens with two attached hydrogens (primary N) is 2. The molecule has 7 N–H and O–H groups in total. The fraction of sp³-hybridized carbons (Fsp3) is 0.429. The highest BCUT2D eigenvalue weighted by atomic mass is 32.2. The molecule has 0 radical (unpaired) electrons. The smallest absolute Gasteiger partial charge is 0.320 e. The van der Waals surface area contributed by atoms with Gasteiger partial charge in [0.2, 0.25) is 17.7 Å². The fourth-order valence-electron chi connectivity index (χ4n) is 5.59. The number of aliphatic hydroxyl groups excluding tert-OH is 1. The monoisotopic (exact) mass is 716 g/mol. The number of benzene rings is 2. The number of nitrogens with zero attached hydrogens (tertiary/aromatic N) is 2. The summed E-state index contributed by atoms with van der Waals surface area (Å²) in [5.74, 6) is -3.42. The molecule has 0 bridgehead atoms. The van der Waals surface area contributed by atoms with Crippen LogP contribution in [0.1, 0.15) is 50.9 Å². The third-order valence-electron chi connectivity index (χ3n) is 8.00. The van der Waals surface area contributed by atoms with Crippen molar-refractivity contribution < 1.29 is 37.8 Å². The first-order valence-electron chi connectivity index (χ1n) is 16.0. The van der Waals surface area contributed by atoms with Gasteiger partial charge in [0.05, 0.1) is 25.6 Å². The van der Waals surface area contributed by atoms with Gasteiger partial charge in [-0.05, 0) is 41.7 Å². The SMILES string of the molecule is COC(=O)C(CC(=O)NCCNC(=O)C(N)CCN(C(=O)CO)C(c1cc(-c2cc(F)ccc2F)cn1Cc1ccccc1)C(C)(C)C)SN. The van der Waals surface area contributed by atoms with Gasteiger partial charge < -0.3 is 35.7 Å². The van der Waals surface area contributed by atoms with Crippen LogP contribution in [0.2, 0.25) is 0 Å². The van der Waals surface area contributed by atoms with Gasteiger partial charge >= 0.3 is 5.97 Å². The van der Waals surface area contributed by atoms with Crippen LogP contribution in [-0.4, -0.2) is 82.9 Å². The number of methoxy groups -OCH3 is 1. The molecule has 0 aliphatic rings. The fourth-order valence-corrected chi connectivity index (χ4v) is 6.04. The maximum absolute atomic E-state index is 15.0. The van der Waals surface area contributed by atoms with E-state index in [2.05, 4.69) is 15.4 Å². The first kappa shape index (κ1) is 40.1. The van der Waals surface area contributed by atoms with Crippen molar-refractivity contribution >= 4 is 35.6 Å². The number of esters is 1. The van der Waals surface area contributed by atoms with Crippen LogP contribution in [0.25, 0.3) is 11.1 Å². The van der Waals surface area contributed by atoms with E-state index in [1.54, 1.807) is 12.3 Å². The van der Waals surface area contributed by atoms with E-state index < -0.39 is 64.7 Å². The van der Waals surface area contributed by atoms with Crippen LogP contribution >= 0.6 is 11.9 Å². The van der Waals surface area contributed by atoms with E-state index >= 15 is 0 Å². The summed E-state index contributed by atoms with van der Waals surface area (Å²) in [5, 5.41) is 19.8. The Hall–Kier alpha value is -4.31. The van der Waals surface area contributed by atoms with Gasteiger partial charge in [-0.2, -0.15) is 0 Å². The standard InChI is InChI=1S/C35H46F2N6O6S/c1-35(2,3)32(28-16-23(25-17-24(36)10-11-26(25)37)20-42(28)19-22-8-6-5-7-9-22)43(31(46)21-44)15-12-27(38)33(47)41-14-13-40-30(45)18-29(50-39)34(48)49-4/h5-11,16-17,20,27,29,32,44H,12-15,18-19,21,38-39H2,1-4H3,(H,40,45)(H,41,47). The van der Waals surface area contributed by atoms with Gasteiger partial charge in [-0.3, -0.25) is 24.3 Å². The summed E-state index contributed by atoms with van der Waals surface area (Å²) in [6.45, 7) is 5.39. The molecule has 0 fully saturated rings. The Morgan fingerprint density at radius 2 is 1.72 bits per heavy atom. The first-order chi connectivity index (χ1) is 23.7. The molecule has 1 aromatic heterocycles. The zero-order valence-corrected chi connectivity index (χ0v) is 29.5. The normalized spacial score (nSPS) is 13.2. The molecule has 3 atom stereocenters. The molecule has 50 heavy (non-hydrogen) atoms. The molecule has 272 valence electrons. The molecule has 1 heterocycles. The Labute approximate surface area is 295 Å². The summed E-state index contributed by atoms with van der Waals surface area (Å²) in [4.78, 5) is 51.5. The predicted molar refractivity (Wildman–Crippen MR) is 187 cm³/mol. The summed E-state index contributed by atoms with van der Waals surface area (Å²) in [6, 6.07) is 12.7. The van der Waals surface area contributed by atoms with E-state index in [9.17, 15) is 33.1 Å². The van der Waals surface area contributed by atoms with Gasteiger partial charge in [-0.25, -0.2) is 8.78 Å². The number of rotatable bonds is 17. The van der Waals surface area contributed by atoms with Crippen LogP contribution in [0.5, 0.6) is 0 Å². The van der Waals surface area contributed by atoms with Crippen molar-refractivity contribution in [3.63, 3.8) is 0 Å². The van der Waals surface area contributed by atoms with Gasteiger partial charge in [0.15, 0.2) is 0 Å². The molecule has 0 saturated heterocycles. The average Bonchev–Trinajstić information content (AvgIpc) is 3.49. The molecule has 3 amide bonds. The van der Waals surface area contributed by atoms with Gasteiger partial charge in [0, 0.05) is 49.2 Å². The molecule has 0 aliphatic heterocycles. The van der Waals surface area contributed by atoms with Crippen LogP contribution in [0.3, 0.4) is 0 Å². The summed E-state index contributed by atoms with van der Waals surface area (Å²) in [6.07, 6.45) is 1.54. The number of carbonyl (C=O) groups is 4. The third kappa shape index (κ3) is 11.1. The second-order valence-electron chi connectivity index (χ2n) is 12.8. The van der Waals surface area contributed by atoms with Crippen molar-refractivity contribution in [2.75, 3.05) is 33.4 Å². The largest absolute Gasteiger partial charge is 0.468 e. The van der Waals surface area contributed by atoms with Crippen LogP contribution in [0.15, 0.2) is 60.8 Å². The maximum Gasteiger partial charge on any atom is 0.320 e. The highest BCUT2D eigenvalue weighted by Crippen LogP contribution is 2.41. The number of aliphatic hydroxyl groups is 1. The molecule has 15 heteroatoms. The highest BCUT2D eigenvalue weighted by Gasteiger charge is 2.37. The number of hydrogen-bond acceptors (Lipinski definition) is 9. The number of carbonyl (C=O) groups excluding carboxylic acids is 4. The lowest BCUT2D eigenvalue weighted by molar-refractivity contribution is -0.141. The van der Waals surface area contributed by atoms with E-state index in [0.29, 0.717) is 29.8 Å². The number of ether oxygens (including phenoxy) is 1. The summed E-state index contributed by atoms with van der Waals surface area (Å²) < 4.78 is 35.7. The van der Waals surface area contributed by atoms with Crippen molar-refractivity contribution in [2.24, 2.45) is 16.3 Å². The molecule has 2 aromatic carbocycles. The predicted octanol–water partition coefficient (Wildman–Crippen LogP) is 2.88. The molecule has 0 aliphatic carbocycles. The van der Waals surface area contributed by atoms with Gasteiger partial charge in [-0.15, -0.1) is 0 Å². The molecular weight excluding hydrogens is 670 g/mol. The van der Waals surface area contributed by atoms with Crippen molar-refractivity contribution in [2.45, 2.75) is 57.5 Å². The lowest BCUT2D eigenvalue weighted by atomic mass is 9.82. The van der Waals surface area contributed by atoms with E-state index in [-0.39, 0.29) is 38.0 Å². The van der Waals surface area contributed by atoms with Crippen LogP contribution < -0.4 is 21.5 Å². The molecule has 3 unspecified atom stereocenters. The topological polar surface area (TPSA) is 182 Å². The van der Waals surface area contributed by atoms with E-state index in [4.69, 9.17) is 10.9 Å². The Morgan fingerprint density at radius 1 is 1.04 bits per heavy atom. The van der Waals surface area contributed by atoms with Crippen molar-refractivity contribution in [3.05, 3.63) is 83.7 Å². The van der Waals surface area contributed by atoms with Crippen LogP contribution in [-0.2, 0) is 30.5 Å². The maximum atomic E-state index is 15.0. The zero-order valence-electron chi connectivity index (χ0n) is 28.7. The summed E-state index contributed by atoms with van der Waals surface area (Å²) in [7, 11) is 1.20. The summed E-state index contributed by atoms with van der Waals surface area (Å²) in [5.41, 5.74) is 7.58. The van der Waals surface area contributed by atoms with Crippen LogP contribution in [0.4, 0.5) is 8.78 Å². The number of aromatic nitrogens is 1. The minimum absolute atomic E-state index is 0.0154. The number of nitrogens with one attached hydrogen (secondary N) is 2. The molecule has 12 nitrogen and oxygen atoms in total. The summed E-state index contributed by atoms with van der Waals surface area (Å²) >= 11 is 0.699. The Morgan fingerprint density at radius 3 is 2.34 bits per heavy atom. The van der Waals surface area contributed by atoms with Crippen molar-refractivity contribution in [1.29, 1.82) is 0 Å². The highest BCUT2D eigenvalue weighted by molar-refractivity contribution is 7.98. The lowest BCUT2D eigenvalue weighted by Crippen LogP contribution is -2.48. The van der Waals surface area contributed by atoms with Gasteiger partial charge in [0.25, 0.3) is 0 Å². The molecule has 0 spiro atoms. The molecule has 0 saturated carbocycles. The van der Waals surface area contributed by atoms with Crippen molar-refractivity contribution in [1.82, 2.24) is 20.1 Å². The van der Waals surface area contributed by atoms with E-state index in [0.717, 1.165) is 23.8 Å². The van der Waals surface area contributed by atoms with Crippen LogP contribution in [0, 0.1) is 17.0 Å². The minimum atomic E-state index is -1.05. The first-order valence-corrected chi connectivity index (χ1v) is 17.0. The Kier molecular flexibility index (Phi) is 14.9. The van der Waals surface area contributed by atoms with Gasteiger partial charge in [-0.1, -0.05) is 63.1 Å². The van der Waals surface area contributed by atoms with E-state index in [1.165, 1.54) is 12.0 Å². The third-order valence-corrected chi connectivity index (χ3v) is 8.68. The minimum Gasteiger partial charge on any atom is -0.468 e. The Balaban J connectivity index is 1.81. The Bertz CT molecular complexity index is 1620. The average molecular weight is 717 g/mol. The number of amides is 3. The molecule has 3 rings (SSSR count). The second-order valence-corrected chi connectivity index (χ2v) is 13.6. The number of halogens is 2. The molecule has 3 aromatic rings. The lowest BCUT2D eigenvalue weighted by Gasteiger charge is -2.41. The van der Waals surface area contributed by atoms with Gasteiger partial charge in [0.1, 0.15) is 23.5 Å². The quantitative estimate of drug-likeness (QED) is 0.0797.